The Morgan fingerprint density at radius 3 is 2.48 bits per heavy atom. The summed E-state index contributed by atoms with van der Waals surface area (Å²) in [6, 6.07) is 5.83. The quantitative estimate of drug-likeness (QED) is 0.590. The van der Waals surface area contributed by atoms with Crippen LogP contribution in [0.25, 0.3) is 0 Å². The fraction of sp³-hybridized carbons (Fsp3) is 0.364. The van der Waals surface area contributed by atoms with Gasteiger partial charge in [0.05, 0.1) is 5.69 Å². The van der Waals surface area contributed by atoms with Crippen molar-refractivity contribution < 1.29 is 28.7 Å². The molecule has 1 aliphatic rings. The molecule has 1 aliphatic heterocycles. The highest BCUT2D eigenvalue weighted by atomic mass is 32.2. The number of anilines is 1. The van der Waals surface area contributed by atoms with Crippen LogP contribution in [-0.2, 0) is 19.1 Å². The Hall–Kier alpha value is -3.07. The van der Waals surface area contributed by atoms with Crippen LogP contribution in [0.5, 0.6) is 0 Å². The second-order valence-corrected chi connectivity index (χ2v) is 8.36. The molecule has 0 radical (unpaired) electrons. The molecular formula is C22H26N2O6S. The van der Waals surface area contributed by atoms with Crippen LogP contribution in [0.3, 0.4) is 0 Å². The monoisotopic (exact) mass is 446 g/mol. The molecule has 0 bridgehead atoms. The maximum absolute atomic E-state index is 13.5. The Balaban J connectivity index is 2.38. The van der Waals surface area contributed by atoms with Crippen molar-refractivity contribution in [1.82, 2.24) is 4.90 Å². The van der Waals surface area contributed by atoms with E-state index in [1.54, 1.807) is 18.2 Å². The van der Waals surface area contributed by atoms with Crippen LogP contribution < -0.4 is 4.90 Å². The number of rotatable bonds is 7. The minimum absolute atomic E-state index is 0.0241. The van der Waals surface area contributed by atoms with Crippen molar-refractivity contribution >= 4 is 40.7 Å². The van der Waals surface area contributed by atoms with Gasteiger partial charge in [-0.05, 0) is 31.0 Å². The van der Waals surface area contributed by atoms with E-state index < -0.39 is 24.1 Å². The van der Waals surface area contributed by atoms with Crippen molar-refractivity contribution in [3.05, 3.63) is 55.1 Å². The molecule has 1 fully saturated rings. The topological polar surface area (TPSA) is 93.2 Å². The maximum Gasteiger partial charge on any atom is 0.421 e. The molecule has 0 spiro atoms. The molecule has 2 atom stereocenters. The van der Waals surface area contributed by atoms with Crippen molar-refractivity contribution in [2.45, 2.75) is 31.6 Å². The van der Waals surface area contributed by atoms with Crippen LogP contribution in [0, 0.1) is 6.92 Å². The Morgan fingerprint density at radius 2 is 1.87 bits per heavy atom. The lowest BCUT2D eigenvalue weighted by Crippen LogP contribution is -2.50. The van der Waals surface area contributed by atoms with Gasteiger partial charge in [0.1, 0.15) is 19.3 Å². The van der Waals surface area contributed by atoms with E-state index in [1.165, 1.54) is 24.0 Å². The van der Waals surface area contributed by atoms with E-state index in [0.29, 0.717) is 5.69 Å². The van der Waals surface area contributed by atoms with Gasteiger partial charge >= 0.3 is 12.2 Å². The minimum atomic E-state index is -0.994. The molecule has 0 aromatic heterocycles. The van der Waals surface area contributed by atoms with E-state index in [0.717, 1.165) is 22.2 Å². The van der Waals surface area contributed by atoms with E-state index >= 15 is 0 Å². The SMILES string of the molecule is C=CCOC(=O)N(C(=O)[C@@H]1C[C@H](SC(C)=O)CN1C(=O)OCC=C)c1cccc(C)c1. The van der Waals surface area contributed by atoms with E-state index in [-0.39, 0.29) is 36.5 Å². The van der Waals surface area contributed by atoms with Gasteiger partial charge in [0, 0.05) is 18.7 Å². The number of benzene rings is 1. The lowest BCUT2D eigenvalue weighted by molar-refractivity contribution is -0.122. The normalized spacial score (nSPS) is 17.5. The van der Waals surface area contributed by atoms with Gasteiger partial charge in [-0.15, -0.1) is 0 Å². The molecule has 0 saturated carbocycles. The first-order valence-electron chi connectivity index (χ1n) is 9.68. The van der Waals surface area contributed by atoms with Crippen LogP contribution in [0.1, 0.15) is 18.9 Å². The Morgan fingerprint density at radius 1 is 1.19 bits per heavy atom. The van der Waals surface area contributed by atoms with Gasteiger partial charge in [0.25, 0.3) is 5.91 Å². The number of nitrogens with zero attached hydrogens (tertiary/aromatic N) is 2. The van der Waals surface area contributed by atoms with Gasteiger partial charge in [0.15, 0.2) is 5.12 Å². The van der Waals surface area contributed by atoms with Gasteiger partial charge < -0.3 is 9.47 Å². The number of imide groups is 1. The Labute approximate surface area is 185 Å². The Kier molecular flexibility index (Phi) is 8.87. The van der Waals surface area contributed by atoms with Gasteiger partial charge in [-0.3, -0.25) is 14.5 Å². The zero-order valence-electron chi connectivity index (χ0n) is 17.6. The average molecular weight is 447 g/mol. The zero-order chi connectivity index (χ0) is 23.0. The third-order valence-electron chi connectivity index (χ3n) is 4.43. The van der Waals surface area contributed by atoms with Crippen molar-refractivity contribution in [2.24, 2.45) is 0 Å². The number of amides is 3. The van der Waals surface area contributed by atoms with Crippen molar-refractivity contribution in [1.29, 1.82) is 0 Å². The minimum Gasteiger partial charge on any atom is -0.445 e. The number of hydrogen-bond donors (Lipinski definition) is 0. The highest BCUT2D eigenvalue weighted by molar-refractivity contribution is 8.14. The first-order valence-corrected chi connectivity index (χ1v) is 10.6. The number of thioether (sulfide) groups is 1. The average Bonchev–Trinajstić information content (AvgIpc) is 3.13. The molecule has 166 valence electrons. The molecule has 3 amide bonds. The summed E-state index contributed by atoms with van der Waals surface area (Å²) in [4.78, 5) is 52.6. The van der Waals surface area contributed by atoms with Crippen LogP contribution in [0.4, 0.5) is 15.3 Å². The van der Waals surface area contributed by atoms with E-state index in [2.05, 4.69) is 13.2 Å². The molecule has 9 heteroatoms. The van der Waals surface area contributed by atoms with Crippen molar-refractivity contribution in [3.63, 3.8) is 0 Å². The molecule has 0 unspecified atom stereocenters. The molecule has 1 heterocycles. The predicted molar refractivity (Wildman–Crippen MR) is 119 cm³/mol. The lowest BCUT2D eigenvalue weighted by Gasteiger charge is -2.28. The first kappa shape index (κ1) is 24.2. The molecule has 1 aromatic rings. The van der Waals surface area contributed by atoms with Crippen LogP contribution in [-0.4, -0.2) is 59.2 Å². The first-order chi connectivity index (χ1) is 14.8. The van der Waals surface area contributed by atoms with Gasteiger partial charge in [0.2, 0.25) is 0 Å². The fourth-order valence-electron chi connectivity index (χ4n) is 3.20. The number of ether oxygens (including phenoxy) is 2. The van der Waals surface area contributed by atoms with Gasteiger partial charge in [-0.25, -0.2) is 14.5 Å². The molecule has 1 saturated heterocycles. The summed E-state index contributed by atoms with van der Waals surface area (Å²) >= 11 is 1.05. The number of carbonyl (C=O) groups excluding carboxylic acids is 4. The Bertz CT molecular complexity index is 871. The summed E-state index contributed by atoms with van der Waals surface area (Å²) in [5.74, 6) is -0.637. The predicted octanol–water partition coefficient (Wildman–Crippen LogP) is 3.70. The van der Waals surface area contributed by atoms with Gasteiger partial charge in [-0.1, -0.05) is 49.2 Å². The number of aryl methyl sites for hydroxylation is 1. The summed E-state index contributed by atoms with van der Waals surface area (Å²) in [5, 5.41) is -0.426. The van der Waals surface area contributed by atoms with Crippen LogP contribution in [0.2, 0.25) is 0 Å². The standard InChI is InChI=1S/C22H26N2O6S/c1-5-10-29-21(27)23-14-18(31-16(4)25)13-19(23)20(26)24(22(28)30-11-6-2)17-9-7-8-15(3)12-17/h5-9,12,18-19H,1-2,10-11,13-14H2,3-4H3/t18-,19-/m0/s1. The fourth-order valence-corrected chi connectivity index (χ4v) is 4.18. The van der Waals surface area contributed by atoms with Crippen LogP contribution in [0.15, 0.2) is 49.6 Å². The second kappa shape index (κ2) is 11.4. The summed E-state index contributed by atoms with van der Waals surface area (Å²) in [5.41, 5.74) is 1.16. The number of hydrogen-bond acceptors (Lipinski definition) is 7. The summed E-state index contributed by atoms with van der Waals surface area (Å²) in [7, 11) is 0. The molecule has 31 heavy (non-hydrogen) atoms. The lowest BCUT2D eigenvalue weighted by atomic mass is 10.1. The van der Waals surface area contributed by atoms with E-state index in [4.69, 9.17) is 9.47 Å². The smallest absolute Gasteiger partial charge is 0.421 e. The molecule has 0 N–H and O–H groups in total. The molecule has 1 aromatic carbocycles. The summed E-state index contributed by atoms with van der Waals surface area (Å²) < 4.78 is 10.2. The number of likely N-dealkylation sites (tertiary alicyclic amines) is 1. The highest BCUT2D eigenvalue weighted by Gasteiger charge is 2.44. The highest BCUT2D eigenvalue weighted by Crippen LogP contribution is 2.31. The summed E-state index contributed by atoms with van der Waals surface area (Å²) in [6.45, 7) is 10.3. The number of carbonyl (C=O) groups is 4. The van der Waals surface area contributed by atoms with Crippen molar-refractivity contribution in [2.75, 3.05) is 24.7 Å². The molecule has 2 rings (SSSR count). The van der Waals surface area contributed by atoms with Gasteiger partial charge in [-0.2, -0.15) is 0 Å². The molecule has 0 aliphatic carbocycles. The zero-order valence-corrected chi connectivity index (χ0v) is 18.4. The summed E-state index contributed by atoms with van der Waals surface area (Å²) in [6.07, 6.45) is 1.41. The van der Waals surface area contributed by atoms with Crippen molar-refractivity contribution in [3.8, 4) is 0 Å². The third-order valence-corrected chi connectivity index (χ3v) is 5.43. The molecular weight excluding hydrogens is 420 g/mol. The largest absolute Gasteiger partial charge is 0.445 e. The third kappa shape index (κ3) is 6.45. The maximum atomic E-state index is 13.5. The second-order valence-electron chi connectivity index (χ2n) is 6.88. The molecule has 8 nitrogen and oxygen atoms in total. The van der Waals surface area contributed by atoms with E-state index in [9.17, 15) is 19.2 Å². The van der Waals surface area contributed by atoms with Crippen LogP contribution >= 0.6 is 11.8 Å². The van der Waals surface area contributed by atoms with E-state index in [1.807, 2.05) is 13.0 Å².